The third-order valence-electron chi connectivity index (χ3n) is 15.8. The number of hydrogen-bond donors (Lipinski definition) is 1. The van der Waals surface area contributed by atoms with Crippen LogP contribution in [0.2, 0.25) is 0 Å². The lowest BCUT2D eigenvalue weighted by Crippen LogP contribution is -2.18. The van der Waals surface area contributed by atoms with Crippen molar-refractivity contribution in [3.05, 3.63) is 191 Å². The zero-order valence-corrected chi connectivity index (χ0v) is 55.5. The summed E-state index contributed by atoms with van der Waals surface area (Å²) in [7, 11) is 0. The zero-order chi connectivity index (χ0) is 68.7. The minimum absolute atomic E-state index is 0.0456. The van der Waals surface area contributed by atoms with Crippen LogP contribution in [0.1, 0.15) is 209 Å². The zero-order valence-electron chi connectivity index (χ0n) is 55.5. The van der Waals surface area contributed by atoms with E-state index in [-0.39, 0.29) is 81.3 Å². The normalized spacial score (nSPS) is 11.1. The summed E-state index contributed by atoms with van der Waals surface area (Å²) >= 11 is 0. The molecule has 2 N–H and O–H groups in total. The molecule has 0 fully saturated rings. The molecule has 19 heteroatoms. The predicted octanol–water partition coefficient (Wildman–Crippen LogP) is 17.8. The molecule has 19 nitrogen and oxygen atoms in total. The minimum Gasteiger partial charge on any atom is -0.494 e. The van der Waals surface area contributed by atoms with E-state index in [0.717, 1.165) is 148 Å². The number of nitrogens with zero attached hydrogens (tertiary/aromatic N) is 1. The Balaban J connectivity index is 1.02. The van der Waals surface area contributed by atoms with E-state index in [4.69, 9.17) is 48.4 Å². The first-order valence-electron chi connectivity index (χ1n) is 33.6. The number of unbranched alkanes of at least 4 members (excludes halogenated alkanes) is 19. The topological polar surface area (TPSA) is 255 Å². The molecule has 0 spiro atoms. The molecule has 0 amide bonds. The SMILES string of the molecule is C=CC(=O)OCCCCCCCCCCCOc1ccc(OC(=O)c2ccc(C(=O)Oc3ccc(OCCCCCCCCCCCOC(=O)C=C)cc3)c(C(=O)OCc3ccc(OC(=O)c4ccc(-c5cc([N+](=O)[O-])c(O[C@@H](C)CCCCCC)cc5N)cc4)cc3)c2)cc1. The first-order chi connectivity index (χ1) is 46.6. The number of ether oxygens (including phenoxy) is 9. The third-order valence-corrected chi connectivity index (χ3v) is 15.8. The fraction of sp³-hybridized carbons (Fsp3) is 0.403. The van der Waals surface area contributed by atoms with E-state index in [2.05, 4.69) is 20.1 Å². The molecule has 6 aromatic carbocycles. The number of benzene rings is 6. The summed E-state index contributed by atoms with van der Waals surface area (Å²) in [6, 6.07) is 32.4. The van der Waals surface area contributed by atoms with Crippen molar-refractivity contribution < 1.29 is 76.3 Å². The smallest absolute Gasteiger partial charge is 0.344 e. The van der Waals surface area contributed by atoms with E-state index < -0.39 is 28.8 Å². The number of esters is 6. The number of carbonyl (C=O) groups is 6. The van der Waals surface area contributed by atoms with Gasteiger partial charge in [-0.1, -0.05) is 154 Å². The number of anilines is 1. The summed E-state index contributed by atoms with van der Waals surface area (Å²) in [6.07, 6.45) is 25.9. The minimum atomic E-state index is -0.942. The van der Waals surface area contributed by atoms with Crippen LogP contribution >= 0.6 is 0 Å². The Bertz CT molecular complexity index is 3440. The number of rotatable bonds is 46. The largest absolute Gasteiger partial charge is 0.494 e. The van der Waals surface area contributed by atoms with Crippen LogP contribution in [0.3, 0.4) is 0 Å². The highest BCUT2D eigenvalue weighted by atomic mass is 16.6. The lowest BCUT2D eigenvalue weighted by atomic mass is 10.0. The summed E-state index contributed by atoms with van der Waals surface area (Å²) in [5, 5.41) is 12.1. The molecule has 0 unspecified atom stereocenters. The molecule has 0 saturated carbocycles. The fourth-order valence-electron chi connectivity index (χ4n) is 10.3. The second kappa shape index (κ2) is 42.5. The Hall–Kier alpha value is -9.78. The number of hydrogen-bond acceptors (Lipinski definition) is 18. The lowest BCUT2D eigenvalue weighted by molar-refractivity contribution is -0.386. The monoisotopic (exact) mass is 1320 g/mol. The highest BCUT2D eigenvalue weighted by Gasteiger charge is 2.25. The lowest BCUT2D eigenvalue weighted by Gasteiger charge is -2.16. The van der Waals surface area contributed by atoms with Crippen molar-refractivity contribution in [2.45, 2.75) is 174 Å². The third kappa shape index (κ3) is 27.3. The molecule has 6 aromatic rings. The van der Waals surface area contributed by atoms with Crippen LogP contribution in [0.25, 0.3) is 11.1 Å². The van der Waals surface area contributed by atoms with E-state index in [1.807, 2.05) is 6.92 Å². The Labute approximate surface area is 563 Å². The molecule has 0 saturated heterocycles. The van der Waals surface area contributed by atoms with Crippen LogP contribution in [-0.4, -0.2) is 73.3 Å². The molecule has 0 aliphatic rings. The molecular formula is C77H92N2O17. The van der Waals surface area contributed by atoms with Gasteiger partial charge in [0.1, 0.15) is 35.4 Å². The molecule has 0 aliphatic heterocycles. The molecule has 96 heavy (non-hydrogen) atoms. The molecule has 6 rings (SSSR count). The average molecular weight is 1320 g/mol. The van der Waals surface area contributed by atoms with Crippen LogP contribution < -0.4 is 34.2 Å². The molecule has 0 bridgehead atoms. The van der Waals surface area contributed by atoms with Gasteiger partial charge in [0.2, 0.25) is 0 Å². The maximum Gasteiger partial charge on any atom is 0.344 e. The van der Waals surface area contributed by atoms with Gasteiger partial charge in [0.05, 0.1) is 59.7 Å². The Morgan fingerprint density at radius 1 is 0.469 bits per heavy atom. The second-order valence-electron chi connectivity index (χ2n) is 23.4. The van der Waals surface area contributed by atoms with Gasteiger partial charge in [-0.3, -0.25) is 10.1 Å². The van der Waals surface area contributed by atoms with Crippen molar-refractivity contribution in [3.63, 3.8) is 0 Å². The van der Waals surface area contributed by atoms with Gasteiger partial charge in [-0.2, -0.15) is 0 Å². The van der Waals surface area contributed by atoms with Gasteiger partial charge in [0, 0.05) is 35.5 Å². The van der Waals surface area contributed by atoms with Crippen LogP contribution in [0.15, 0.2) is 153 Å². The standard InChI is InChI=1S/C77H92N2O17/c1-5-8-9-24-29-56(4)93-71-54-69(78)67(53-70(71)79(86)87)58-32-34-59(35-33-58)74(82)94-63-37-30-57(31-38-63)55-92-76(84)68-52-60(75(83)95-64-43-39-61(40-44-64)88-48-25-20-16-12-10-14-18-22-27-50-90-72(80)6-2)36-47-66(68)77(85)96-65-45-41-62(42-46-65)89-49-26-21-17-13-11-15-19-23-28-51-91-73(81)7-3/h6-7,30-47,52-54,56H,2-3,5,8-29,48-51,55,78H2,1,4H3/t56-/m0/s1. The predicted molar refractivity (Wildman–Crippen MR) is 368 cm³/mol. The van der Waals surface area contributed by atoms with Crippen LogP contribution in [0.5, 0.6) is 34.5 Å². The number of carbonyl (C=O) groups excluding carboxylic acids is 6. The van der Waals surface area contributed by atoms with Gasteiger partial charge in [-0.15, -0.1) is 0 Å². The van der Waals surface area contributed by atoms with Gasteiger partial charge in [0.25, 0.3) is 0 Å². The van der Waals surface area contributed by atoms with E-state index in [9.17, 15) is 38.9 Å². The molecule has 512 valence electrons. The second-order valence-corrected chi connectivity index (χ2v) is 23.4. The summed E-state index contributed by atoms with van der Waals surface area (Å²) < 4.78 is 50.7. The first-order valence-corrected chi connectivity index (χ1v) is 33.6. The van der Waals surface area contributed by atoms with Gasteiger partial charge in [-0.25, -0.2) is 28.8 Å². The number of nitrogens with two attached hydrogens (primary N) is 1. The quantitative estimate of drug-likeness (QED) is 0.00544. The number of nitro benzene ring substituents is 1. The van der Waals surface area contributed by atoms with Crippen molar-refractivity contribution in [2.75, 3.05) is 32.2 Å². The van der Waals surface area contributed by atoms with Crippen LogP contribution in [-0.2, 0) is 30.4 Å². The van der Waals surface area contributed by atoms with E-state index >= 15 is 0 Å². The summed E-state index contributed by atoms with van der Waals surface area (Å²) in [5.74, 6) is -2.20. The van der Waals surface area contributed by atoms with E-state index in [0.29, 0.717) is 54.6 Å². The molecular weight excluding hydrogens is 1220 g/mol. The van der Waals surface area contributed by atoms with Crippen molar-refractivity contribution in [1.29, 1.82) is 0 Å². The number of nitrogen functional groups attached to an aromatic ring is 1. The van der Waals surface area contributed by atoms with Crippen molar-refractivity contribution in [3.8, 4) is 45.6 Å². The highest BCUT2D eigenvalue weighted by molar-refractivity contribution is 6.06. The molecule has 1 atom stereocenters. The van der Waals surface area contributed by atoms with Gasteiger partial charge < -0.3 is 48.4 Å². The van der Waals surface area contributed by atoms with Crippen LogP contribution in [0.4, 0.5) is 11.4 Å². The van der Waals surface area contributed by atoms with E-state index in [1.165, 1.54) is 66.7 Å². The van der Waals surface area contributed by atoms with E-state index in [1.54, 1.807) is 72.8 Å². The van der Waals surface area contributed by atoms with Crippen LogP contribution in [0, 0.1) is 10.1 Å². The van der Waals surface area contributed by atoms with Gasteiger partial charge in [0.15, 0.2) is 5.75 Å². The van der Waals surface area contributed by atoms with Crippen molar-refractivity contribution >= 4 is 47.2 Å². The Morgan fingerprint density at radius 2 is 0.896 bits per heavy atom. The Morgan fingerprint density at radius 3 is 1.38 bits per heavy atom. The summed E-state index contributed by atoms with van der Waals surface area (Å²) in [4.78, 5) is 88.9. The average Bonchev–Trinajstić information content (AvgIpc) is 1.09. The maximum absolute atomic E-state index is 14.0. The molecule has 0 aromatic heterocycles. The summed E-state index contributed by atoms with van der Waals surface area (Å²) in [5.41, 5.74) is 7.61. The molecule has 0 heterocycles. The summed E-state index contributed by atoms with van der Waals surface area (Å²) in [6.45, 7) is 12.4. The maximum atomic E-state index is 14.0. The van der Waals surface area contributed by atoms with Crippen molar-refractivity contribution in [1.82, 2.24) is 0 Å². The number of nitro groups is 1. The van der Waals surface area contributed by atoms with Gasteiger partial charge >= 0.3 is 41.5 Å². The molecule has 0 aliphatic carbocycles. The molecule has 0 radical (unpaired) electrons. The highest BCUT2D eigenvalue weighted by Crippen LogP contribution is 2.38. The van der Waals surface area contributed by atoms with Gasteiger partial charge in [-0.05, 0) is 148 Å². The Kier molecular flexibility index (Phi) is 33.3. The van der Waals surface area contributed by atoms with Crippen molar-refractivity contribution in [2.24, 2.45) is 0 Å². The fourth-order valence-corrected chi connectivity index (χ4v) is 10.3. The first kappa shape index (κ1) is 75.3.